The van der Waals surface area contributed by atoms with Crippen LogP contribution in [0.15, 0.2) is 53.1 Å². The van der Waals surface area contributed by atoms with E-state index in [2.05, 4.69) is 26.2 Å². The van der Waals surface area contributed by atoms with Gasteiger partial charge < -0.3 is 10.4 Å². The van der Waals surface area contributed by atoms with E-state index in [1.165, 1.54) is 6.08 Å². The SMILES string of the molecule is O=C(/C=C/c1ccc(O)cc1)Nc1ccc(Br)cn1. The Morgan fingerprint density at radius 3 is 2.58 bits per heavy atom. The molecule has 1 aromatic heterocycles. The number of carbonyl (C=O) groups excluding carboxylic acids is 1. The normalized spacial score (nSPS) is 10.6. The molecule has 2 aromatic rings. The minimum absolute atomic E-state index is 0.195. The summed E-state index contributed by atoms with van der Waals surface area (Å²) in [5.74, 6) is 0.423. The molecule has 0 spiro atoms. The Morgan fingerprint density at radius 1 is 1.21 bits per heavy atom. The van der Waals surface area contributed by atoms with E-state index in [-0.39, 0.29) is 11.7 Å². The number of phenols is 1. The molecule has 0 aliphatic carbocycles. The number of benzene rings is 1. The maximum absolute atomic E-state index is 11.6. The third-order valence-electron chi connectivity index (χ3n) is 2.30. The zero-order valence-electron chi connectivity index (χ0n) is 9.88. The van der Waals surface area contributed by atoms with Crippen LogP contribution in [-0.2, 0) is 4.79 Å². The van der Waals surface area contributed by atoms with Gasteiger partial charge in [0, 0.05) is 16.7 Å². The topological polar surface area (TPSA) is 62.2 Å². The van der Waals surface area contributed by atoms with Gasteiger partial charge in [0.2, 0.25) is 5.91 Å². The number of nitrogens with one attached hydrogen (secondary N) is 1. The van der Waals surface area contributed by atoms with Gasteiger partial charge in [-0.2, -0.15) is 0 Å². The van der Waals surface area contributed by atoms with Crippen LogP contribution in [0.1, 0.15) is 5.56 Å². The molecule has 2 N–H and O–H groups in total. The molecule has 0 aliphatic heterocycles. The van der Waals surface area contributed by atoms with E-state index in [4.69, 9.17) is 5.11 Å². The summed E-state index contributed by atoms with van der Waals surface area (Å²) in [6.07, 6.45) is 4.68. The third-order valence-corrected chi connectivity index (χ3v) is 2.77. The average Bonchev–Trinajstić information content (AvgIpc) is 2.41. The van der Waals surface area contributed by atoms with Gasteiger partial charge in [0.05, 0.1) is 0 Å². The van der Waals surface area contributed by atoms with E-state index < -0.39 is 0 Å². The van der Waals surface area contributed by atoms with Crippen molar-refractivity contribution >= 4 is 33.7 Å². The van der Waals surface area contributed by atoms with Gasteiger partial charge in [-0.1, -0.05) is 12.1 Å². The number of hydrogen-bond donors (Lipinski definition) is 2. The fourth-order valence-electron chi connectivity index (χ4n) is 1.37. The molecule has 0 radical (unpaired) electrons. The lowest BCUT2D eigenvalue weighted by atomic mass is 10.2. The molecular formula is C14H11BrN2O2. The summed E-state index contributed by atoms with van der Waals surface area (Å²) in [7, 11) is 0. The van der Waals surface area contributed by atoms with Crippen molar-refractivity contribution in [2.75, 3.05) is 5.32 Å². The molecule has 0 bridgehead atoms. The highest BCUT2D eigenvalue weighted by Gasteiger charge is 1.98. The molecule has 0 saturated heterocycles. The highest BCUT2D eigenvalue weighted by molar-refractivity contribution is 9.10. The number of halogens is 1. The van der Waals surface area contributed by atoms with Gasteiger partial charge in [-0.25, -0.2) is 4.98 Å². The molecular weight excluding hydrogens is 308 g/mol. The number of amides is 1. The Bertz CT molecular complexity index is 592. The lowest BCUT2D eigenvalue weighted by molar-refractivity contribution is -0.111. The van der Waals surface area contributed by atoms with Crippen LogP contribution in [-0.4, -0.2) is 16.0 Å². The smallest absolute Gasteiger partial charge is 0.249 e. The minimum atomic E-state index is -0.261. The molecule has 0 atom stereocenters. The summed E-state index contributed by atoms with van der Waals surface area (Å²) in [5, 5.41) is 11.8. The maximum Gasteiger partial charge on any atom is 0.249 e. The standard InChI is InChI=1S/C14H11BrN2O2/c15-11-4-7-13(16-9-11)17-14(19)8-3-10-1-5-12(18)6-2-10/h1-9,18H,(H,16,17,19)/b8-3+. The third kappa shape index (κ3) is 4.22. The van der Waals surface area contributed by atoms with Crippen LogP contribution in [0.2, 0.25) is 0 Å². The zero-order chi connectivity index (χ0) is 13.7. The van der Waals surface area contributed by atoms with Crippen molar-refractivity contribution in [1.82, 2.24) is 4.98 Å². The molecule has 4 nitrogen and oxygen atoms in total. The van der Waals surface area contributed by atoms with Crippen LogP contribution in [0.3, 0.4) is 0 Å². The van der Waals surface area contributed by atoms with Gasteiger partial charge >= 0.3 is 0 Å². The number of phenolic OH excluding ortho intramolecular Hbond substituents is 1. The fourth-order valence-corrected chi connectivity index (χ4v) is 1.61. The predicted molar refractivity (Wildman–Crippen MR) is 77.7 cm³/mol. The first kappa shape index (κ1) is 13.3. The number of aromatic hydroxyl groups is 1. The molecule has 0 saturated carbocycles. The second-order valence-electron chi connectivity index (χ2n) is 3.78. The van der Waals surface area contributed by atoms with Crippen LogP contribution >= 0.6 is 15.9 Å². The van der Waals surface area contributed by atoms with Gasteiger partial charge in [0.1, 0.15) is 11.6 Å². The highest BCUT2D eigenvalue weighted by Crippen LogP contribution is 2.12. The van der Waals surface area contributed by atoms with E-state index >= 15 is 0 Å². The number of aromatic nitrogens is 1. The van der Waals surface area contributed by atoms with Crippen LogP contribution in [0.25, 0.3) is 6.08 Å². The fraction of sp³-hybridized carbons (Fsp3) is 0. The molecule has 96 valence electrons. The van der Waals surface area contributed by atoms with Crippen LogP contribution in [0.4, 0.5) is 5.82 Å². The Kier molecular flexibility index (Phi) is 4.30. The molecule has 5 heteroatoms. The van der Waals surface area contributed by atoms with Crippen molar-refractivity contribution in [1.29, 1.82) is 0 Å². The van der Waals surface area contributed by atoms with Crippen molar-refractivity contribution in [3.05, 3.63) is 58.7 Å². The Hall–Kier alpha value is -2.14. The van der Waals surface area contributed by atoms with Gasteiger partial charge in [-0.15, -0.1) is 0 Å². The molecule has 0 unspecified atom stereocenters. The lowest BCUT2D eigenvalue weighted by Gasteiger charge is -2.00. The quantitative estimate of drug-likeness (QED) is 0.854. The molecule has 1 aromatic carbocycles. The van der Waals surface area contributed by atoms with Crippen LogP contribution < -0.4 is 5.32 Å². The minimum Gasteiger partial charge on any atom is -0.508 e. The van der Waals surface area contributed by atoms with Crippen molar-refractivity contribution in [3.8, 4) is 5.75 Å². The molecule has 1 heterocycles. The van der Waals surface area contributed by atoms with E-state index in [0.717, 1.165) is 10.0 Å². The summed E-state index contributed by atoms with van der Waals surface area (Å²) in [4.78, 5) is 15.7. The van der Waals surface area contributed by atoms with Crippen molar-refractivity contribution < 1.29 is 9.90 Å². The largest absolute Gasteiger partial charge is 0.508 e. The summed E-state index contributed by atoms with van der Waals surface area (Å²) in [6.45, 7) is 0. The lowest BCUT2D eigenvalue weighted by Crippen LogP contribution is -2.08. The molecule has 0 aliphatic rings. The first-order chi connectivity index (χ1) is 9.13. The first-order valence-electron chi connectivity index (χ1n) is 5.53. The molecule has 2 rings (SSSR count). The van der Waals surface area contributed by atoms with Gasteiger partial charge in [-0.3, -0.25) is 4.79 Å². The van der Waals surface area contributed by atoms with Gasteiger partial charge in [-0.05, 0) is 51.8 Å². The summed E-state index contributed by atoms with van der Waals surface area (Å²) in [6, 6.07) is 10.1. The van der Waals surface area contributed by atoms with E-state index in [1.807, 2.05) is 0 Å². The summed E-state index contributed by atoms with van der Waals surface area (Å²) < 4.78 is 0.852. The summed E-state index contributed by atoms with van der Waals surface area (Å²) in [5.41, 5.74) is 0.830. The molecule has 1 amide bonds. The van der Waals surface area contributed by atoms with E-state index in [9.17, 15) is 4.79 Å². The Morgan fingerprint density at radius 2 is 1.95 bits per heavy atom. The number of anilines is 1. The number of rotatable bonds is 3. The van der Waals surface area contributed by atoms with Crippen LogP contribution in [0, 0.1) is 0 Å². The Balaban J connectivity index is 1.97. The molecule has 0 fully saturated rings. The number of pyridine rings is 1. The maximum atomic E-state index is 11.6. The summed E-state index contributed by atoms with van der Waals surface area (Å²) >= 11 is 3.27. The van der Waals surface area contributed by atoms with E-state index in [0.29, 0.717) is 5.82 Å². The second-order valence-corrected chi connectivity index (χ2v) is 4.69. The second kappa shape index (κ2) is 6.15. The van der Waals surface area contributed by atoms with E-state index in [1.54, 1.807) is 48.7 Å². The molecule has 19 heavy (non-hydrogen) atoms. The number of nitrogens with zero attached hydrogens (tertiary/aromatic N) is 1. The highest BCUT2D eigenvalue weighted by atomic mass is 79.9. The monoisotopic (exact) mass is 318 g/mol. The van der Waals surface area contributed by atoms with Crippen LogP contribution in [0.5, 0.6) is 5.75 Å². The number of carbonyl (C=O) groups is 1. The van der Waals surface area contributed by atoms with Crippen molar-refractivity contribution in [2.45, 2.75) is 0 Å². The first-order valence-corrected chi connectivity index (χ1v) is 6.32. The predicted octanol–water partition coefficient (Wildman–Crippen LogP) is 3.20. The van der Waals surface area contributed by atoms with Crippen molar-refractivity contribution in [2.24, 2.45) is 0 Å². The van der Waals surface area contributed by atoms with Crippen molar-refractivity contribution in [3.63, 3.8) is 0 Å². The van der Waals surface area contributed by atoms with Gasteiger partial charge in [0.25, 0.3) is 0 Å². The average molecular weight is 319 g/mol. The zero-order valence-corrected chi connectivity index (χ0v) is 11.5. The Labute approximate surface area is 118 Å². The number of hydrogen-bond acceptors (Lipinski definition) is 3. The van der Waals surface area contributed by atoms with Gasteiger partial charge in [0.15, 0.2) is 0 Å².